The number of carbonyl (C=O) groups is 1. The van der Waals surface area contributed by atoms with Crippen LogP contribution >= 0.6 is 35.3 Å². The summed E-state index contributed by atoms with van der Waals surface area (Å²) in [6.07, 6.45) is 0.756. The van der Waals surface area contributed by atoms with Crippen LogP contribution in [0.5, 0.6) is 0 Å². The van der Waals surface area contributed by atoms with E-state index in [0.29, 0.717) is 37.0 Å². The first-order valence-corrected chi connectivity index (χ1v) is 10.8. The van der Waals surface area contributed by atoms with Crippen LogP contribution in [0.4, 0.5) is 0 Å². The van der Waals surface area contributed by atoms with E-state index in [1.54, 1.807) is 27.0 Å². The number of nitrogens with zero attached hydrogens (tertiary/aromatic N) is 2. The van der Waals surface area contributed by atoms with Crippen LogP contribution < -0.4 is 10.6 Å². The largest absolute Gasteiger partial charge is 0.356 e. The summed E-state index contributed by atoms with van der Waals surface area (Å²) in [5, 5.41) is 8.00. The van der Waals surface area contributed by atoms with Gasteiger partial charge in [-0.25, -0.2) is 8.42 Å². The number of halogens is 1. The van der Waals surface area contributed by atoms with Gasteiger partial charge in [0.05, 0.1) is 15.4 Å². The van der Waals surface area contributed by atoms with Crippen molar-refractivity contribution in [3.05, 3.63) is 22.4 Å². The van der Waals surface area contributed by atoms with Crippen LogP contribution in [0.15, 0.2) is 22.5 Å². The van der Waals surface area contributed by atoms with Crippen LogP contribution in [0.25, 0.3) is 0 Å². The Bertz CT molecular complexity index is 718. The van der Waals surface area contributed by atoms with E-state index in [2.05, 4.69) is 15.6 Å². The van der Waals surface area contributed by atoms with Gasteiger partial charge in [-0.15, -0.1) is 35.3 Å². The average molecular weight is 514 g/mol. The molecule has 0 spiro atoms. The minimum atomic E-state index is -3.07. The van der Waals surface area contributed by atoms with Crippen LogP contribution in [0.1, 0.15) is 29.9 Å². The van der Waals surface area contributed by atoms with E-state index in [1.165, 1.54) is 11.3 Å². The SMILES string of the molecule is CN=C(NCCCNC(=O)c1cccs1)N1CCS(=O)(=O)C(C)(C)C1.I. The lowest BCUT2D eigenvalue weighted by Crippen LogP contribution is -2.57. The predicted molar refractivity (Wildman–Crippen MR) is 117 cm³/mol. The number of rotatable bonds is 5. The maximum atomic E-state index is 12.1. The molecular weight excluding hydrogens is 487 g/mol. The first-order valence-electron chi connectivity index (χ1n) is 8.26. The molecule has 2 rings (SSSR count). The van der Waals surface area contributed by atoms with Crippen LogP contribution in [0.3, 0.4) is 0 Å². The molecule has 0 saturated carbocycles. The van der Waals surface area contributed by atoms with E-state index in [9.17, 15) is 13.2 Å². The number of amides is 1. The normalized spacial score (nSPS) is 18.7. The number of guanidine groups is 1. The second-order valence-electron chi connectivity index (χ2n) is 6.56. The third-order valence-electron chi connectivity index (χ3n) is 4.22. The first-order chi connectivity index (χ1) is 11.8. The van der Waals surface area contributed by atoms with Gasteiger partial charge in [0, 0.05) is 33.2 Å². The van der Waals surface area contributed by atoms with Gasteiger partial charge < -0.3 is 15.5 Å². The molecule has 26 heavy (non-hydrogen) atoms. The maximum absolute atomic E-state index is 12.1. The molecule has 1 aliphatic heterocycles. The van der Waals surface area contributed by atoms with E-state index < -0.39 is 14.6 Å². The molecule has 1 aliphatic rings. The number of hydrogen-bond acceptors (Lipinski definition) is 5. The number of nitrogens with one attached hydrogen (secondary N) is 2. The molecule has 0 bridgehead atoms. The lowest BCUT2D eigenvalue weighted by Gasteiger charge is -2.39. The molecule has 148 valence electrons. The second kappa shape index (κ2) is 9.88. The van der Waals surface area contributed by atoms with Crippen molar-refractivity contribution >= 4 is 57.0 Å². The Balaban J connectivity index is 0.00000338. The Labute approximate surface area is 176 Å². The summed E-state index contributed by atoms with van der Waals surface area (Å²) in [6, 6.07) is 3.65. The molecule has 7 nitrogen and oxygen atoms in total. The van der Waals surface area contributed by atoms with Gasteiger partial charge in [0.25, 0.3) is 5.91 Å². The van der Waals surface area contributed by atoms with Gasteiger partial charge in [-0.1, -0.05) is 6.07 Å². The van der Waals surface area contributed by atoms with Crippen LogP contribution in [0.2, 0.25) is 0 Å². The third-order valence-corrected chi connectivity index (χ3v) is 7.62. The second-order valence-corrected chi connectivity index (χ2v) is 10.3. The molecule has 2 N–H and O–H groups in total. The number of hydrogen-bond donors (Lipinski definition) is 2. The fourth-order valence-corrected chi connectivity index (χ4v) is 4.65. The Morgan fingerprint density at radius 3 is 2.62 bits per heavy atom. The summed E-state index contributed by atoms with van der Waals surface area (Å²) in [6.45, 7) is 5.59. The van der Waals surface area contributed by atoms with Crippen molar-refractivity contribution in [2.45, 2.75) is 25.0 Å². The molecule has 0 aromatic carbocycles. The molecule has 0 unspecified atom stereocenters. The topological polar surface area (TPSA) is 90.9 Å². The van der Waals surface area contributed by atoms with Crippen molar-refractivity contribution in [2.75, 3.05) is 39.0 Å². The highest BCUT2D eigenvalue weighted by Crippen LogP contribution is 2.23. The smallest absolute Gasteiger partial charge is 0.261 e. The minimum Gasteiger partial charge on any atom is -0.356 e. The molecule has 1 amide bonds. The molecule has 10 heteroatoms. The van der Waals surface area contributed by atoms with E-state index in [1.807, 2.05) is 16.3 Å². The summed E-state index contributed by atoms with van der Waals surface area (Å²) in [5.41, 5.74) is 0. The maximum Gasteiger partial charge on any atom is 0.261 e. The van der Waals surface area contributed by atoms with Gasteiger partial charge in [-0.05, 0) is 31.7 Å². The zero-order chi connectivity index (χ0) is 18.5. The molecule has 0 aliphatic carbocycles. The summed E-state index contributed by atoms with van der Waals surface area (Å²) in [5.74, 6) is 0.785. The third kappa shape index (κ3) is 5.81. The Morgan fingerprint density at radius 1 is 1.35 bits per heavy atom. The van der Waals surface area contributed by atoms with Gasteiger partial charge in [0.2, 0.25) is 0 Å². The van der Waals surface area contributed by atoms with Gasteiger partial charge in [-0.3, -0.25) is 9.79 Å². The predicted octanol–water partition coefficient (Wildman–Crippen LogP) is 1.57. The zero-order valence-electron chi connectivity index (χ0n) is 15.3. The Morgan fingerprint density at radius 2 is 2.04 bits per heavy atom. The first kappa shape index (κ1) is 23.2. The van der Waals surface area contributed by atoms with Crippen molar-refractivity contribution in [1.82, 2.24) is 15.5 Å². The molecule has 1 aromatic rings. The molecule has 1 fully saturated rings. The average Bonchev–Trinajstić information content (AvgIpc) is 3.08. The van der Waals surface area contributed by atoms with Gasteiger partial charge in [0.1, 0.15) is 0 Å². The summed E-state index contributed by atoms with van der Waals surface area (Å²) < 4.78 is 23.4. The van der Waals surface area contributed by atoms with Gasteiger partial charge >= 0.3 is 0 Å². The highest BCUT2D eigenvalue weighted by molar-refractivity contribution is 14.0. The van der Waals surface area contributed by atoms with E-state index >= 15 is 0 Å². The van der Waals surface area contributed by atoms with Crippen molar-refractivity contribution in [3.8, 4) is 0 Å². The molecule has 0 atom stereocenters. The van der Waals surface area contributed by atoms with Crippen molar-refractivity contribution < 1.29 is 13.2 Å². The molecule has 0 radical (unpaired) electrons. The molecule has 1 aromatic heterocycles. The number of sulfone groups is 1. The number of aliphatic imine (C=N–C) groups is 1. The van der Waals surface area contributed by atoms with Crippen LogP contribution in [-0.2, 0) is 9.84 Å². The van der Waals surface area contributed by atoms with Gasteiger partial charge in [0.15, 0.2) is 15.8 Å². The highest BCUT2D eigenvalue weighted by atomic mass is 127. The lowest BCUT2D eigenvalue weighted by atomic mass is 10.2. The Kier molecular flexibility index (Phi) is 8.80. The summed E-state index contributed by atoms with van der Waals surface area (Å²) in [7, 11) is -1.38. The van der Waals surface area contributed by atoms with Gasteiger partial charge in [-0.2, -0.15) is 0 Å². The van der Waals surface area contributed by atoms with E-state index in [4.69, 9.17) is 0 Å². The minimum absolute atomic E-state index is 0. The summed E-state index contributed by atoms with van der Waals surface area (Å²) in [4.78, 5) is 18.8. The monoisotopic (exact) mass is 514 g/mol. The van der Waals surface area contributed by atoms with Crippen molar-refractivity contribution in [1.29, 1.82) is 0 Å². The van der Waals surface area contributed by atoms with Crippen molar-refractivity contribution in [3.63, 3.8) is 0 Å². The Hall–Kier alpha value is -0.880. The lowest BCUT2D eigenvalue weighted by molar-refractivity contribution is 0.0957. The fourth-order valence-electron chi connectivity index (χ4n) is 2.64. The fraction of sp³-hybridized carbons (Fsp3) is 0.625. The molecular formula is C16H27IN4O3S2. The van der Waals surface area contributed by atoms with Crippen LogP contribution in [0, 0.1) is 0 Å². The zero-order valence-corrected chi connectivity index (χ0v) is 19.3. The highest BCUT2D eigenvalue weighted by Gasteiger charge is 2.40. The van der Waals surface area contributed by atoms with Crippen molar-refractivity contribution in [2.24, 2.45) is 4.99 Å². The summed E-state index contributed by atoms with van der Waals surface area (Å²) >= 11 is 1.42. The van der Waals surface area contributed by atoms with E-state index in [0.717, 1.165) is 6.42 Å². The number of carbonyl (C=O) groups excluding carboxylic acids is 1. The van der Waals surface area contributed by atoms with Crippen LogP contribution in [-0.4, -0.2) is 68.9 Å². The standard InChI is InChI=1S/C16H26N4O3S2.HI/c1-16(2)12-20(9-11-25(16,22)23)15(17-3)19-8-5-7-18-14(21)13-6-4-10-24-13;/h4,6,10H,5,7-9,11-12H2,1-3H3,(H,17,19)(H,18,21);1H. The van der Waals surface area contributed by atoms with E-state index in [-0.39, 0.29) is 35.6 Å². The number of thiophene rings is 1. The quantitative estimate of drug-likeness (QED) is 0.270. The molecule has 2 heterocycles. The molecule has 1 saturated heterocycles.